The van der Waals surface area contributed by atoms with Gasteiger partial charge in [0.2, 0.25) is 0 Å². The molecule has 4 N–H and O–H groups in total. The van der Waals surface area contributed by atoms with E-state index in [9.17, 15) is 25.2 Å². The molecule has 1 aliphatic rings. The fraction of sp³-hybridized carbons (Fsp3) is 0.678. The maximum atomic E-state index is 12.8. The lowest BCUT2D eigenvalue weighted by Crippen LogP contribution is -2.59. The molecule has 9 heteroatoms. The average Bonchev–Trinajstić information content (AvgIpc) is 3.34. The van der Waals surface area contributed by atoms with E-state index in [1.54, 1.807) is 0 Å². The first-order valence-electron chi connectivity index (χ1n) is 27.0. The van der Waals surface area contributed by atoms with Crippen LogP contribution in [-0.4, -0.2) is 89.6 Å². The summed E-state index contributed by atoms with van der Waals surface area (Å²) in [5, 5.41) is 40.3. The molecule has 0 aromatic carbocycles. The van der Waals surface area contributed by atoms with E-state index in [1.165, 1.54) is 77.0 Å². The van der Waals surface area contributed by atoms with E-state index in [4.69, 9.17) is 18.9 Å². The van der Waals surface area contributed by atoms with Gasteiger partial charge in [-0.1, -0.05) is 200 Å². The van der Waals surface area contributed by atoms with Crippen molar-refractivity contribution in [1.82, 2.24) is 0 Å². The van der Waals surface area contributed by atoms with Crippen LogP contribution in [0, 0.1) is 0 Å². The molecule has 1 fully saturated rings. The highest BCUT2D eigenvalue weighted by molar-refractivity contribution is 5.69. The normalized spacial score (nSPS) is 20.0. The zero-order chi connectivity index (χ0) is 49.2. The summed E-state index contributed by atoms with van der Waals surface area (Å²) in [4.78, 5) is 12.8. The largest absolute Gasteiger partial charge is 0.457 e. The Morgan fingerprint density at radius 3 is 1.28 bits per heavy atom. The molecule has 0 radical (unpaired) electrons. The Labute approximate surface area is 414 Å². The highest BCUT2D eigenvalue weighted by Gasteiger charge is 2.44. The first-order chi connectivity index (χ1) is 33.4. The predicted molar refractivity (Wildman–Crippen MR) is 283 cm³/mol. The third kappa shape index (κ3) is 38.7. The lowest BCUT2D eigenvalue weighted by molar-refractivity contribution is -0.305. The van der Waals surface area contributed by atoms with Gasteiger partial charge in [-0.05, 0) is 96.3 Å². The van der Waals surface area contributed by atoms with Crippen molar-refractivity contribution in [3.63, 3.8) is 0 Å². The molecule has 6 unspecified atom stereocenters. The van der Waals surface area contributed by atoms with Gasteiger partial charge in [0.1, 0.15) is 30.5 Å². The number of allylic oxidation sites excluding steroid dienone is 18. The number of hydrogen-bond acceptors (Lipinski definition) is 9. The van der Waals surface area contributed by atoms with Crippen molar-refractivity contribution in [2.45, 2.75) is 230 Å². The van der Waals surface area contributed by atoms with Crippen LogP contribution in [0.4, 0.5) is 0 Å². The van der Waals surface area contributed by atoms with Gasteiger partial charge >= 0.3 is 5.97 Å². The second kappa shape index (κ2) is 48.9. The van der Waals surface area contributed by atoms with Gasteiger partial charge in [-0.2, -0.15) is 0 Å². The molecule has 0 bridgehead atoms. The summed E-state index contributed by atoms with van der Waals surface area (Å²) in [7, 11) is 0. The Morgan fingerprint density at radius 1 is 0.471 bits per heavy atom. The second-order valence-corrected chi connectivity index (χ2v) is 17.9. The van der Waals surface area contributed by atoms with E-state index in [0.717, 1.165) is 89.9 Å². The summed E-state index contributed by atoms with van der Waals surface area (Å²) < 4.78 is 22.9. The van der Waals surface area contributed by atoms with Crippen molar-refractivity contribution in [3.05, 3.63) is 109 Å². The van der Waals surface area contributed by atoms with Crippen LogP contribution in [0.25, 0.3) is 0 Å². The summed E-state index contributed by atoms with van der Waals surface area (Å²) in [5.41, 5.74) is 0. The molecule has 1 saturated heterocycles. The molecule has 68 heavy (non-hydrogen) atoms. The number of aliphatic hydroxyl groups excluding tert-OH is 4. The molecule has 0 aromatic rings. The summed E-state index contributed by atoms with van der Waals surface area (Å²) in [6.07, 6.45) is 62.7. The molecule has 388 valence electrons. The van der Waals surface area contributed by atoms with Crippen molar-refractivity contribution in [3.8, 4) is 0 Å². The lowest BCUT2D eigenvalue weighted by Gasteiger charge is -2.39. The Bertz CT molecular complexity index is 1410. The number of esters is 1. The smallest absolute Gasteiger partial charge is 0.306 e. The Kier molecular flexibility index (Phi) is 45.2. The van der Waals surface area contributed by atoms with Crippen LogP contribution in [0.15, 0.2) is 109 Å². The number of rotatable bonds is 45. The number of carbonyl (C=O) groups excluding carboxylic acids is 1. The van der Waals surface area contributed by atoms with E-state index >= 15 is 0 Å². The van der Waals surface area contributed by atoms with Gasteiger partial charge in [0.25, 0.3) is 0 Å². The van der Waals surface area contributed by atoms with E-state index < -0.39 is 43.4 Å². The molecular formula is C59H98O9. The average molecular weight is 951 g/mol. The minimum atomic E-state index is -1.55. The second-order valence-electron chi connectivity index (χ2n) is 17.9. The lowest BCUT2D eigenvalue weighted by atomic mass is 9.99. The summed E-state index contributed by atoms with van der Waals surface area (Å²) in [6.45, 7) is 4.28. The van der Waals surface area contributed by atoms with Crippen LogP contribution >= 0.6 is 0 Å². The van der Waals surface area contributed by atoms with Gasteiger partial charge in [-0.25, -0.2) is 0 Å². The molecule has 0 saturated carbocycles. The summed E-state index contributed by atoms with van der Waals surface area (Å²) >= 11 is 0. The van der Waals surface area contributed by atoms with Crippen molar-refractivity contribution in [2.24, 2.45) is 0 Å². The molecule has 0 aliphatic carbocycles. The van der Waals surface area contributed by atoms with Crippen LogP contribution in [0.3, 0.4) is 0 Å². The molecule has 6 atom stereocenters. The minimum Gasteiger partial charge on any atom is -0.457 e. The highest BCUT2D eigenvalue weighted by Crippen LogP contribution is 2.23. The van der Waals surface area contributed by atoms with E-state index in [0.29, 0.717) is 13.0 Å². The molecule has 0 aromatic heterocycles. The molecule has 1 rings (SSSR count). The zero-order valence-corrected chi connectivity index (χ0v) is 42.8. The molecule has 0 spiro atoms. The van der Waals surface area contributed by atoms with Gasteiger partial charge in [0.05, 0.1) is 19.8 Å². The Balaban J connectivity index is 2.20. The number of hydrogen-bond donors (Lipinski definition) is 4. The molecule has 1 aliphatic heterocycles. The number of carbonyl (C=O) groups is 1. The van der Waals surface area contributed by atoms with Crippen LogP contribution < -0.4 is 0 Å². The van der Waals surface area contributed by atoms with Gasteiger partial charge in [0, 0.05) is 13.0 Å². The maximum absolute atomic E-state index is 12.8. The summed E-state index contributed by atoms with van der Waals surface area (Å²) in [6, 6.07) is 0. The summed E-state index contributed by atoms with van der Waals surface area (Å²) in [5.74, 6) is -0.348. The van der Waals surface area contributed by atoms with Gasteiger partial charge in [-0.3, -0.25) is 4.79 Å². The number of aliphatic hydroxyl groups is 4. The fourth-order valence-corrected chi connectivity index (χ4v) is 7.57. The maximum Gasteiger partial charge on any atom is 0.306 e. The predicted octanol–water partition coefficient (Wildman–Crippen LogP) is 13.7. The molecular weight excluding hydrogens is 853 g/mol. The quantitative estimate of drug-likeness (QED) is 0.0267. The Hall–Kier alpha value is -3.15. The van der Waals surface area contributed by atoms with E-state index in [1.807, 2.05) is 0 Å². The first kappa shape index (κ1) is 62.9. The van der Waals surface area contributed by atoms with Crippen LogP contribution in [0.1, 0.15) is 194 Å². The highest BCUT2D eigenvalue weighted by atomic mass is 16.7. The van der Waals surface area contributed by atoms with Crippen molar-refractivity contribution < 1.29 is 44.2 Å². The van der Waals surface area contributed by atoms with Crippen molar-refractivity contribution in [2.75, 3.05) is 26.4 Å². The third-order valence-electron chi connectivity index (χ3n) is 11.7. The van der Waals surface area contributed by atoms with E-state index in [-0.39, 0.29) is 25.6 Å². The topological polar surface area (TPSA) is 135 Å². The zero-order valence-electron chi connectivity index (χ0n) is 42.8. The molecule has 1 heterocycles. The standard InChI is InChI=1S/C59H98O9/c1-3-5-7-9-11-13-15-17-19-21-23-24-25-26-27-28-29-31-33-35-37-39-41-43-45-47-49-65-51-53(52-66-59-58(64)57(63)56(62)54(50-60)68-59)67-55(61)48-46-44-42-40-38-36-34-32-30-22-20-18-16-14-12-10-8-6-4-2/h5-8,11-14,17-20,23-24,30,32,36,38,53-54,56-60,62-64H,3-4,9-10,15-16,21-22,25-29,31,33-35,37,39-52H2,1-2H3/b7-5-,8-6-,13-11-,14-12-,19-17-,20-18-,24-23-,32-30-,38-36-. The fourth-order valence-electron chi connectivity index (χ4n) is 7.57. The Morgan fingerprint density at radius 2 is 0.853 bits per heavy atom. The van der Waals surface area contributed by atoms with Crippen molar-refractivity contribution in [1.29, 1.82) is 0 Å². The molecule has 0 amide bonds. The van der Waals surface area contributed by atoms with E-state index in [2.05, 4.69) is 123 Å². The van der Waals surface area contributed by atoms with Gasteiger partial charge < -0.3 is 39.4 Å². The van der Waals surface area contributed by atoms with Crippen LogP contribution in [0.2, 0.25) is 0 Å². The van der Waals surface area contributed by atoms with Gasteiger partial charge in [0.15, 0.2) is 6.29 Å². The number of unbranched alkanes of at least 4 members (excludes halogenated alkanes) is 16. The minimum absolute atomic E-state index is 0.124. The first-order valence-corrected chi connectivity index (χ1v) is 27.0. The van der Waals surface area contributed by atoms with Gasteiger partial charge in [-0.15, -0.1) is 0 Å². The monoisotopic (exact) mass is 951 g/mol. The van der Waals surface area contributed by atoms with Crippen LogP contribution in [-0.2, 0) is 23.7 Å². The van der Waals surface area contributed by atoms with Crippen LogP contribution in [0.5, 0.6) is 0 Å². The van der Waals surface area contributed by atoms with Crippen molar-refractivity contribution >= 4 is 5.97 Å². The SMILES string of the molecule is CC/C=C\C/C=C\C/C=C\C/C=C\C/C=C\CCCCCC(=O)OC(COCCCCCCCCCCCCCCC/C=C\C/C=C\C/C=C\C/C=C\CC)COC1OC(CO)C(O)C(O)C1O. The molecule has 9 nitrogen and oxygen atoms in total. The third-order valence-corrected chi connectivity index (χ3v) is 11.7. The number of ether oxygens (including phenoxy) is 4.